The maximum absolute atomic E-state index is 12.7. The first-order valence-corrected chi connectivity index (χ1v) is 8.66. The summed E-state index contributed by atoms with van der Waals surface area (Å²) in [4.78, 5) is 8.23. The summed E-state index contributed by atoms with van der Waals surface area (Å²) in [7, 11) is -5.80. The van der Waals surface area contributed by atoms with Gasteiger partial charge in [-0.15, -0.1) is 0 Å². The number of rotatable bonds is 4. The first kappa shape index (κ1) is 17.9. The first-order valence-electron chi connectivity index (χ1n) is 7.25. The standard InChI is InChI=1S/C17H11F3N2O3S/c18-17(19,20)26(23,24)25-16-8-7-12(14-5-1-3-9-21-14)11-13(16)15-6-2-4-10-22-15/h1-11H. The minimum absolute atomic E-state index is 0.0987. The van der Waals surface area contributed by atoms with Gasteiger partial charge in [0.25, 0.3) is 0 Å². The van der Waals surface area contributed by atoms with Gasteiger partial charge in [0.05, 0.1) is 11.4 Å². The lowest BCUT2D eigenvalue weighted by molar-refractivity contribution is -0.0499. The molecule has 0 aliphatic heterocycles. The van der Waals surface area contributed by atoms with Gasteiger partial charge in [-0.2, -0.15) is 21.6 Å². The van der Waals surface area contributed by atoms with Crippen LogP contribution in [0.4, 0.5) is 13.2 Å². The molecular weight excluding hydrogens is 369 g/mol. The second-order valence-electron chi connectivity index (χ2n) is 5.12. The Balaban J connectivity index is 2.13. The molecule has 0 spiro atoms. The van der Waals surface area contributed by atoms with Crippen LogP contribution < -0.4 is 4.18 Å². The van der Waals surface area contributed by atoms with Crippen molar-refractivity contribution >= 4 is 10.1 Å². The van der Waals surface area contributed by atoms with Gasteiger partial charge in [0, 0.05) is 23.5 Å². The van der Waals surface area contributed by atoms with E-state index in [1.807, 2.05) is 0 Å². The van der Waals surface area contributed by atoms with Crippen LogP contribution in [0.25, 0.3) is 22.5 Å². The topological polar surface area (TPSA) is 69.2 Å². The van der Waals surface area contributed by atoms with Gasteiger partial charge in [0.2, 0.25) is 0 Å². The highest BCUT2D eigenvalue weighted by molar-refractivity contribution is 7.88. The smallest absolute Gasteiger partial charge is 0.375 e. The molecular formula is C17H11F3N2O3S. The van der Waals surface area contributed by atoms with Crippen LogP contribution >= 0.6 is 0 Å². The van der Waals surface area contributed by atoms with Crippen molar-refractivity contribution in [2.45, 2.75) is 5.51 Å². The van der Waals surface area contributed by atoms with Crippen molar-refractivity contribution in [2.75, 3.05) is 0 Å². The summed E-state index contributed by atoms with van der Waals surface area (Å²) in [5.41, 5.74) is -4.04. The Morgan fingerprint density at radius 1 is 0.846 bits per heavy atom. The monoisotopic (exact) mass is 380 g/mol. The molecule has 2 heterocycles. The zero-order valence-corrected chi connectivity index (χ0v) is 13.8. The summed E-state index contributed by atoms with van der Waals surface area (Å²) in [6.45, 7) is 0. The number of benzene rings is 1. The first-order chi connectivity index (χ1) is 12.3. The fourth-order valence-corrected chi connectivity index (χ4v) is 2.66. The van der Waals surface area contributed by atoms with Gasteiger partial charge in [-0.25, -0.2) is 0 Å². The molecule has 134 valence electrons. The lowest BCUT2D eigenvalue weighted by Crippen LogP contribution is -2.28. The number of hydrogen-bond donors (Lipinski definition) is 0. The highest BCUT2D eigenvalue weighted by Crippen LogP contribution is 2.36. The van der Waals surface area contributed by atoms with Crippen molar-refractivity contribution in [1.82, 2.24) is 9.97 Å². The third-order valence-corrected chi connectivity index (χ3v) is 4.33. The summed E-state index contributed by atoms with van der Waals surface area (Å²) in [5, 5.41) is 0. The third kappa shape index (κ3) is 3.67. The Morgan fingerprint density at radius 2 is 1.46 bits per heavy atom. The largest absolute Gasteiger partial charge is 0.534 e. The highest BCUT2D eigenvalue weighted by Gasteiger charge is 2.48. The summed E-state index contributed by atoms with van der Waals surface area (Å²) >= 11 is 0. The van der Waals surface area contributed by atoms with E-state index in [1.165, 1.54) is 24.4 Å². The lowest BCUT2D eigenvalue weighted by atomic mass is 10.0. The van der Waals surface area contributed by atoms with Crippen LogP contribution in [0, 0.1) is 0 Å². The second kappa shape index (κ2) is 6.75. The van der Waals surface area contributed by atoms with Gasteiger partial charge < -0.3 is 4.18 Å². The van der Waals surface area contributed by atoms with E-state index < -0.39 is 21.4 Å². The van der Waals surface area contributed by atoms with Crippen LogP contribution in [-0.2, 0) is 10.1 Å². The second-order valence-corrected chi connectivity index (χ2v) is 6.66. The molecule has 0 fully saturated rings. The maximum Gasteiger partial charge on any atom is 0.534 e. The summed E-state index contributed by atoms with van der Waals surface area (Å²) in [5.74, 6) is -0.472. The van der Waals surface area contributed by atoms with Crippen molar-refractivity contribution in [2.24, 2.45) is 0 Å². The third-order valence-electron chi connectivity index (χ3n) is 3.36. The van der Waals surface area contributed by atoms with E-state index in [-0.39, 0.29) is 11.3 Å². The van der Waals surface area contributed by atoms with E-state index >= 15 is 0 Å². The minimum Gasteiger partial charge on any atom is -0.375 e. The molecule has 2 aromatic heterocycles. The quantitative estimate of drug-likeness (QED) is 0.505. The Morgan fingerprint density at radius 3 is 2.00 bits per heavy atom. The van der Waals surface area contributed by atoms with Gasteiger partial charge >= 0.3 is 15.6 Å². The van der Waals surface area contributed by atoms with Crippen molar-refractivity contribution in [3.8, 4) is 28.3 Å². The Kier molecular flexibility index (Phi) is 4.64. The molecule has 0 aliphatic rings. The van der Waals surface area contributed by atoms with Crippen LogP contribution in [0.15, 0.2) is 67.0 Å². The molecule has 5 nitrogen and oxygen atoms in total. The molecule has 0 N–H and O–H groups in total. The molecule has 0 bridgehead atoms. The fourth-order valence-electron chi connectivity index (χ4n) is 2.18. The summed E-state index contributed by atoms with van der Waals surface area (Å²) in [6.07, 6.45) is 3.00. The molecule has 0 atom stereocenters. The highest BCUT2D eigenvalue weighted by atomic mass is 32.2. The molecule has 0 unspecified atom stereocenters. The predicted octanol–water partition coefficient (Wildman–Crippen LogP) is 4.04. The Labute approximate surface area is 147 Å². The fraction of sp³-hybridized carbons (Fsp3) is 0.0588. The van der Waals surface area contributed by atoms with E-state index in [0.29, 0.717) is 11.3 Å². The number of aromatic nitrogens is 2. The van der Waals surface area contributed by atoms with Crippen LogP contribution in [0.2, 0.25) is 0 Å². The molecule has 1 aromatic carbocycles. The number of nitrogens with zero attached hydrogens (tertiary/aromatic N) is 2. The molecule has 0 radical (unpaired) electrons. The molecule has 0 aliphatic carbocycles. The average molecular weight is 380 g/mol. The van der Waals surface area contributed by atoms with Crippen molar-refractivity contribution in [3.63, 3.8) is 0 Å². The molecule has 0 saturated carbocycles. The zero-order chi connectivity index (χ0) is 18.8. The average Bonchev–Trinajstić information content (AvgIpc) is 2.62. The number of alkyl halides is 3. The van der Waals surface area contributed by atoms with E-state index in [1.54, 1.807) is 36.5 Å². The van der Waals surface area contributed by atoms with Crippen molar-refractivity contribution in [3.05, 3.63) is 67.0 Å². The van der Waals surface area contributed by atoms with E-state index in [9.17, 15) is 21.6 Å². The zero-order valence-electron chi connectivity index (χ0n) is 13.0. The predicted molar refractivity (Wildman–Crippen MR) is 88.5 cm³/mol. The van der Waals surface area contributed by atoms with E-state index in [4.69, 9.17) is 0 Å². The summed E-state index contributed by atoms with van der Waals surface area (Å²) < 4.78 is 65.1. The summed E-state index contributed by atoms with van der Waals surface area (Å²) in [6, 6.07) is 14.0. The molecule has 9 heteroatoms. The SMILES string of the molecule is O=S(=O)(Oc1ccc(-c2ccccn2)cc1-c1ccccn1)C(F)(F)F. The lowest BCUT2D eigenvalue weighted by Gasteiger charge is -2.14. The molecule has 0 amide bonds. The van der Waals surface area contributed by atoms with E-state index in [0.717, 1.165) is 6.07 Å². The number of hydrogen-bond acceptors (Lipinski definition) is 5. The Bertz CT molecular complexity index is 1010. The molecule has 3 rings (SSSR count). The van der Waals surface area contributed by atoms with Crippen LogP contribution in [0.1, 0.15) is 0 Å². The maximum atomic E-state index is 12.7. The van der Waals surface area contributed by atoms with Crippen LogP contribution in [0.5, 0.6) is 5.75 Å². The molecule has 26 heavy (non-hydrogen) atoms. The van der Waals surface area contributed by atoms with Gasteiger partial charge in [0.15, 0.2) is 5.75 Å². The number of halogens is 3. The van der Waals surface area contributed by atoms with Crippen LogP contribution in [0.3, 0.4) is 0 Å². The Hall–Kier alpha value is -2.94. The van der Waals surface area contributed by atoms with Gasteiger partial charge in [-0.05, 0) is 42.5 Å². The van der Waals surface area contributed by atoms with Crippen molar-refractivity contribution < 1.29 is 25.8 Å². The van der Waals surface area contributed by atoms with Crippen LogP contribution in [-0.4, -0.2) is 23.9 Å². The van der Waals surface area contributed by atoms with Crippen molar-refractivity contribution in [1.29, 1.82) is 0 Å². The van der Waals surface area contributed by atoms with Gasteiger partial charge in [0.1, 0.15) is 0 Å². The van der Waals surface area contributed by atoms with E-state index in [2.05, 4.69) is 14.2 Å². The normalized spacial score (nSPS) is 12.0. The molecule has 3 aromatic rings. The van der Waals surface area contributed by atoms with Gasteiger partial charge in [-0.3, -0.25) is 9.97 Å². The number of pyridine rings is 2. The minimum atomic E-state index is -5.80. The molecule has 0 saturated heterocycles. The van der Waals surface area contributed by atoms with Gasteiger partial charge in [-0.1, -0.05) is 12.1 Å².